The van der Waals surface area contributed by atoms with Gasteiger partial charge in [0.2, 0.25) is 5.91 Å². The highest BCUT2D eigenvalue weighted by Gasteiger charge is 2.30. The van der Waals surface area contributed by atoms with Crippen molar-refractivity contribution in [1.82, 2.24) is 14.8 Å². The molecule has 1 amide bonds. The van der Waals surface area contributed by atoms with E-state index in [-0.39, 0.29) is 5.91 Å². The van der Waals surface area contributed by atoms with Crippen molar-refractivity contribution >= 4 is 35.1 Å². The lowest BCUT2D eigenvalue weighted by molar-refractivity contribution is -0.116. The van der Waals surface area contributed by atoms with Crippen molar-refractivity contribution in [3.63, 3.8) is 0 Å². The van der Waals surface area contributed by atoms with Crippen LogP contribution < -0.4 is 4.90 Å². The Morgan fingerprint density at radius 2 is 2.08 bits per heavy atom. The van der Waals surface area contributed by atoms with Gasteiger partial charge in [-0.15, -0.1) is 22.0 Å². The van der Waals surface area contributed by atoms with Crippen LogP contribution in [0.2, 0.25) is 0 Å². The summed E-state index contributed by atoms with van der Waals surface area (Å²) in [5.74, 6) is 2.16. The Hall–Kier alpha value is -1.47. The smallest absolute Gasteiger partial charge is 0.237 e. The van der Waals surface area contributed by atoms with Crippen LogP contribution in [0.5, 0.6) is 0 Å². The highest BCUT2D eigenvalue weighted by atomic mass is 32.2. The van der Waals surface area contributed by atoms with Gasteiger partial charge in [-0.3, -0.25) is 4.79 Å². The topological polar surface area (TPSA) is 51.0 Å². The lowest BCUT2D eigenvalue weighted by atomic mass is 10.2. The molecule has 1 fully saturated rings. The molecular formula is C18H22N4OS2. The predicted molar refractivity (Wildman–Crippen MR) is 102 cm³/mol. The number of hydrogen-bond acceptors (Lipinski definition) is 5. The minimum Gasteiger partial charge on any atom is -0.311 e. The Morgan fingerprint density at radius 1 is 1.28 bits per heavy atom. The third-order valence-corrected chi connectivity index (χ3v) is 6.92. The van der Waals surface area contributed by atoms with Gasteiger partial charge in [-0.25, -0.2) is 0 Å². The molecule has 2 aliphatic rings. The fraction of sp³-hybridized carbons (Fsp3) is 0.500. The Bertz CT molecular complexity index is 787. The Morgan fingerprint density at radius 3 is 2.88 bits per heavy atom. The zero-order chi connectivity index (χ0) is 17.4. The van der Waals surface area contributed by atoms with E-state index in [1.54, 1.807) is 0 Å². The number of aromatic nitrogens is 3. The molecule has 25 heavy (non-hydrogen) atoms. The maximum Gasteiger partial charge on any atom is 0.237 e. The second kappa shape index (κ2) is 7.03. The Balaban J connectivity index is 1.47. The van der Waals surface area contributed by atoms with Crippen molar-refractivity contribution in [1.29, 1.82) is 0 Å². The average Bonchev–Trinajstić information content (AvgIpc) is 3.39. The van der Waals surface area contributed by atoms with Gasteiger partial charge in [-0.1, -0.05) is 30.8 Å². The first-order valence-electron chi connectivity index (χ1n) is 8.71. The third-order valence-electron chi connectivity index (χ3n) is 4.68. The zero-order valence-electron chi connectivity index (χ0n) is 14.5. The first-order chi connectivity index (χ1) is 12.1. The standard InChI is InChI=1S/C18H22N4OS2/c1-12-9-10-22(14-5-3-4-6-15(14)25-12)16(23)11-24-18-20-19-17(21(18)2)13-7-8-13/h3-6,12-13H,7-11H2,1-2H3/t12-/m0/s1. The fourth-order valence-electron chi connectivity index (χ4n) is 3.10. The number of nitrogens with zero attached hydrogens (tertiary/aromatic N) is 4. The Labute approximate surface area is 156 Å². The maximum absolute atomic E-state index is 12.9. The molecule has 0 unspecified atom stereocenters. The molecule has 2 heterocycles. The monoisotopic (exact) mass is 374 g/mol. The van der Waals surface area contributed by atoms with Gasteiger partial charge in [-0.05, 0) is 31.4 Å². The van der Waals surface area contributed by atoms with Crippen LogP contribution in [-0.2, 0) is 11.8 Å². The molecule has 1 aliphatic heterocycles. The van der Waals surface area contributed by atoms with E-state index in [1.807, 2.05) is 40.4 Å². The van der Waals surface area contributed by atoms with E-state index < -0.39 is 0 Å². The summed E-state index contributed by atoms with van der Waals surface area (Å²) in [7, 11) is 2.00. The van der Waals surface area contributed by atoms with Gasteiger partial charge >= 0.3 is 0 Å². The number of rotatable bonds is 4. The molecule has 0 N–H and O–H groups in total. The summed E-state index contributed by atoms with van der Waals surface area (Å²) < 4.78 is 2.05. The third kappa shape index (κ3) is 3.58. The molecule has 0 bridgehead atoms. The molecule has 4 rings (SSSR count). The molecule has 5 nitrogen and oxygen atoms in total. The van der Waals surface area contributed by atoms with Crippen molar-refractivity contribution < 1.29 is 4.79 Å². The summed E-state index contributed by atoms with van der Waals surface area (Å²) in [6.07, 6.45) is 3.41. The van der Waals surface area contributed by atoms with Gasteiger partial charge in [0.05, 0.1) is 11.4 Å². The fourth-order valence-corrected chi connectivity index (χ4v) is 5.01. The molecule has 0 saturated heterocycles. The molecule has 0 spiro atoms. The SMILES string of the molecule is C[C@H]1CCN(C(=O)CSc2nnc(C3CC3)n2C)c2ccccc2S1. The number of hydrogen-bond donors (Lipinski definition) is 0. The molecule has 7 heteroatoms. The highest BCUT2D eigenvalue weighted by molar-refractivity contribution is 8.00. The van der Waals surface area contributed by atoms with Gasteiger partial charge < -0.3 is 9.47 Å². The number of carbonyl (C=O) groups excluding carboxylic acids is 1. The van der Waals surface area contributed by atoms with Crippen LogP contribution in [0, 0.1) is 0 Å². The van der Waals surface area contributed by atoms with Crippen LogP contribution in [0.25, 0.3) is 0 Å². The lowest BCUT2D eigenvalue weighted by Gasteiger charge is -2.22. The van der Waals surface area contributed by atoms with E-state index in [1.165, 1.54) is 29.5 Å². The minimum atomic E-state index is 0.142. The van der Waals surface area contributed by atoms with Crippen molar-refractivity contribution in [2.45, 2.75) is 47.4 Å². The second-order valence-electron chi connectivity index (χ2n) is 6.69. The normalized spacial score (nSPS) is 20.2. The molecule has 1 aliphatic carbocycles. The number of anilines is 1. The van der Waals surface area contributed by atoms with Crippen molar-refractivity contribution in [3.05, 3.63) is 30.1 Å². The largest absolute Gasteiger partial charge is 0.311 e. The quantitative estimate of drug-likeness (QED) is 0.764. The number of para-hydroxylation sites is 1. The van der Waals surface area contributed by atoms with E-state index in [0.29, 0.717) is 16.9 Å². The van der Waals surface area contributed by atoms with E-state index in [0.717, 1.165) is 29.6 Å². The van der Waals surface area contributed by atoms with E-state index in [9.17, 15) is 4.79 Å². The summed E-state index contributed by atoms with van der Waals surface area (Å²) in [6, 6.07) is 8.21. The second-order valence-corrected chi connectivity index (χ2v) is 9.12. The zero-order valence-corrected chi connectivity index (χ0v) is 16.1. The highest BCUT2D eigenvalue weighted by Crippen LogP contribution is 2.40. The first kappa shape index (κ1) is 17.0. The number of benzene rings is 1. The van der Waals surface area contributed by atoms with Crippen LogP contribution >= 0.6 is 23.5 Å². The van der Waals surface area contributed by atoms with Gasteiger partial charge in [0, 0.05) is 29.7 Å². The van der Waals surface area contributed by atoms with Gasteiger partial charge in [0.25, 0.3) is 0 Å². The summed E-state index contributed by atoms with van der Waals surface area (Å²) in [5.41, 5.74) is 1.04. The van der Waals surface area contributed by atoms with E-state index in [2.05, 4.69) is 29.3 Å². The van der Waals surface area contributed by atoms with Gasteiger partial charge in [0.15, 0.2) is 5.16 Å². The summed E-state index contributed by atoms with van der Waals surface area (Å²) in [6.45, 7) is 3.00. The number of carbonyl (C=O) groups is 1. The number of thioether (sulfide) groups is 2. The maximum atomic E-state index is 12.9. The van der Waals surface area contributed by atoms with Crippen LogP contribution in [0.15, 0.2) is 34.3 Å². The number of amides is 1. The molecule has 2 aromatic rings. The summed E-state index contributed by atoms with van der Waals surface area (Å²) >= 11 is 3.35. The van der Waals surface area contributed by atoms with Crippen LogP contribution in [0.1, 0.15) is 37.9 Å². The molecular weight excluding hydrogens is 352 g/mol. The molecule has 0 radical (unpaired) electrons. The average molecular weight is 375 g/mol. The van der Waals surface area contributed by atoms with Crippen molar-refractivity contribution in [2.75, 3.05) is 17.2 Å². The van der Waals surface area contributed by atoms with Crippen LogP contribution in [-0.4, -0.2) is 38.2 Å². The van der Waals surface area contributed by atoms with Crippen LogP contribution in [0.4, 0.5) is 5.69 Å². The van der Waals surface area contributed by atoms with Gasteiger partial charge in [-0.2, -0.15) is 0 Å². The summed E-state index contributed by atoms with van der Waals surface area (Å²) in [4.78, 5) is 16.0. The Kier molecular flexibility index (Phi) is 4.78. The minimum absolute atomic E-state index is 0.142. The molecule has 132 valence electrons. The first-order valence-corrected chi connectivity index (χ1v) is 10.6. The van der Waals surface area contributed by atoms with Crippen molar-refractivity contribution in [3.8, 4) is 0 Å². The molecule has 1 aromatic heterocycles. The predicted octanol–water partition coefficient (Wildman–Crippen LogP) is 3.70. The summed E-state index contributed by atoms with van der Waals surface area (Å²) in [5, 5.41) is 9.92. The molecule has 1 aromatic carbocycles. The molecule has 1 atom stereocenters. The van der Waals surface area contributed by atoms with Crippen molar-refractivity contribution in [2.24, 2.45) is 7.05 Å². The van der Waals surface area contributed by atoms with Gasteiger partial charge in [0.1, 0.15) is 5.82 Å². The van der Waals surface area contributed by atoms with Crippen LogP contribution in [0.3, 0.4) is 0 Å². The van der Waals surface area contributed by atoms with E-state index in [4.69, 9.17) is 0 Å². The van der Waals surface area contributed by atoms with E-state index >= 15 is 0 Å². The number of fused-ring (bicyclic) bond motifs is 1. The lowest BCUT2D eigenvalue weighted by Crippen LogP contribution is -2.33. The molecule has 1 saturated carbocycles.